The summed E-state index contributed by atoms with van der Waals surface area (Å²) in [7, 11) is 0. The minimum atomic E-state index is -0.269. The third kappa shape index (κ3) is 4.03. The first-order valence-electron chi connectivity index (χ1n) is 5.77. The van der Waals surface area contributed by atoms with Crippen LogP contribution >= 0.6 is 34.5 Å². The SMILES string of the molecule is Nc1cccc(OCCNC(=O)c2cc(Cl)sc2Cl)c1. The third-order valence-electron chi connectivity index (χ3n) is 2.42. The quantitative estimate of drug-likeness (QED) is 0.651. The summed E-state index contributed by atoms with van der Waals surface area (Å²) < 4.78 is 6.32. The van der Waals surface area contributed by atoms with Gasteiger partial charge in [0.1, 0.15) is 16.7 Å². The molecule has 1 heterocycles. The van der Waals surface area contributed by atoms with Crippen molar-refractivity contribution >= 4 is 46.1 Å². The molecule has 2 aromatic rings. The molecule has 3 N–H and O–H groups in total. The van der Waals surface area contributed by atoms with Crippen molar-refractivity contribution in [2.24, 2.45) is 0 Å². The second kappa shape index (κ2) is 6.83. The molecule has 0 unspecified atom stereocenters. The summed E-state index contributed by atoms with van der Waals surface area (Å²) in [5.41, 5.74) is 6.64. The van der Waals surface area contributed by atoms with E-state index in [1.165, 1.54) is 0 Å². The van der Waals surface area contributed by atoms with Crippen LogP contribution in [-0.2, 0) is 0 Å². The molecule has 0 radical (unpaired) electrons. The first kappa shape index (κ1) is 15.0. The van der Waals surface area contributed by atoms with Gasteiger partial charge in [-0.2, -0.15) is 0 Å². The number of carbonyl (C=O) groups excluding carboxylic acids is 1. The minimum Gasteiger partial charge on any atom is -0.492 e. The number of amides is 1. The Morgan fingerprint density at radius 3 is 2.80 bits per heavy atom. The fourth-order valence-corrected chi connectivity index (χ4v) is 2.99. The second-order valence-corrected chi connectivity index (χ2v) is 6.20. The van der Waals surface area contributed by atoms with Crippen LogP contribution in [0.25, 0.3) is 0 Å². The van der Waals surface area contributed by atoms with E-state index >= 15 is 0 Å². The predicted molar refractivity (Wildman–Crippen MR) is 83.0 cm³/mol. The van der Waals surface area contributed by atoms with Crippen LogP contribution in [0.4, 0.5) is 5.69 Å². The van der Waals surface area contributed by atoms with Crippen molar-refractivity contribution in [3.05, 3.63) is 44.6 Å². The molecule has 0 aliphatic heterocycles. The van der Waals surface area contributed by atoms with Crippen molar-refractivity contribution in [2.75, 3.05) is 18.9 Å². The predicted octanol–water partition coefficient (Wildman–Crippen LogP) is 3.45. The van der Waals surface area contributed by atoms with Gasteiger partial charge >= 0.3 is 0 Å². The van der Waals surface area contributed by atoms with Gasteiger partial charge in [0.05, 0.1) is 16.4 Å². The average Bonchev–Trinajstić information content (AvgIpc) is 2.74. The maximum atomic E-state index is 11.8. The van der Waals surface area contributed by atoms with Gasteiger partial charge in [-0.3, -0.25) is 4.79 Å². The van der Waals surface area contributed by atoms with Crippen LogP contribution in [0.2, 0.25) is 8.67 Å². The van der Waals surface area contributed by atoms with Crippen molar-refractivity contribution in [1.82, 2.24) is 5.32 Å². The lowest BCUT2D eigenvalue weighted by Gasteiger charge is -2.07. The topological polar surface area (TPSA) is 64.3 Å². The largest absolute Gasteiger partial charge is 0.492 e. The van der Waals surface area contributed by atoms with Crippen LogP contribution < -0.4 is 15.8 Å². The Morgan fingerprint density at radius 2 is 2.15 bits per heavy atom. The normalized spacial score (nSPS) is 10.3. The Kier molecular flexibility index (Phi) is 5.11. The van der Waals surface area contributed by atoms with E-state index in [9.17, 15) is 4.79 Å². The first-order chi connectivity index (χ1) is 9.56. The van der Waals surface area contributed by atoms with Gasteiger partial charge in [0, 0.05) is 11.8 Å². The highest BCUT2D eigenvalue weighted by molar-refractivity contribution is 7.20. The summed E-state index contributed by atoms with van der Waals surface area (Å²) in [4.78, 5) is 11.8. The summed E-state index contributed by atoms with van der Waals surface area (Å²) in [6.07, 6.45) is 0. The minimum absolute atomic E-state index is 0.269. The Morgan fingerprint density at radius 1 is 1.35 bits per heavy atom. The molecule has 0 spiro atoms. The first-order valence-corrected chi connectivity index (χ1v) is 7.35. The summed E-state index contributed by atoms with van der Waals surface area (Å²) in [5, 5.41) is 2.71. The average molecular weight is 331 g/mol. The molecule has 0 fully saturated rings. The Labute approximate surface area is 130 Å². The fourth-order valence-electron chi connectivity index (χ4n) is 1.53. The van der Waals surface area contributed by atoms with Crippen LogP contribution in [0.3, 0.4) is 0 Å². The number of nitrogens with two attached hydrogens (primary N) is 1. The molecule has 1 amide bonds. The highest BCUT2D eigenvalue weighted by atomic mass is 35.5. The number of rotatable bonds is 5. The van der Waals surface area contributed by atoms with E-state index < -0.39 is 0 Å². The maximum absolute atomic E-state index is 11.8. The molecule has 1 aromatic heterocycles. The Hall–Kier alpha value is -1.43. The van der Waals surface area contributed by atoms with Crippen LogP contribution in [0.1, 0.15) is 10.4 Å². The van der Waals surface area contributed by atoms with E-state index in [4.69, 9.17) is 33.7 Å². The van der Waals surface area contributed by atoms with Crippen molar-refractivity contribution in [3.8, 4) is 5.75 Å². The Balaban J connectivity index is 1.79. The maximum Gasteiger partial charge on any atom is 0.253 e. The highest BCUT2D eigenvalue weighted by Crippen LogP contribution is 2.30. The number of benzene rings is 1. The molecule has 1 aromatic carbocycles. The molecule has 0 aliphatic carbocycles. The number of nitrogens with one attached hydrogen (secondary N) is 1. The van der Waals surface area contributed by atoms with E-state index in [0.29, 0.717) is 38.8 Å². The number of carbonyl (C=O) groups is 1. The van der Waals surface area contributed by atoms with Gasteiger partial charge in [-0.1, -0.05) is 29.3 Å². The molecule has 4 nitrogen and oxygen atoms in total. The van der Waals surface area contributed by atoms with Crippen LogP contribution in [0.5, 0.6) is 5.75 Å². The lowest BCUT2D eigenvalue weighted by molar-refractivity contribution is 0.0947. The lowest BCUT2D eigenvalue weighted by atomic mass is 10.3. The monoisotopic (exact) mass is 330 g/mol. The van der Waals surface area contributed by atoms with Gasteiger partial charge in [-0.25, -0.2) is 0 Å². The van der Waals surface area contributed by atoms with E-state index in [0.717, 1.165) is 11.3 Å². The highest BCUT2D eigenvalue weighted by Gasteiger charge is 2.13. The molecule has 20 heavy (non-hydrogen) atoms. The van der Waals surface area contributed by atoms with Gasteiger partial charge in [-0.15, -0.1) is 11.3 Å². The van der Waals surface area contributed by atoms with E-state index in [2.05, 4.69) is 5.32 Å². The zero-order valence-electron chi connectivity index (χ0n) is 10.4. The molecule has 106 valence electrons. The molecule has 0 saturated heterocycles. The van der Waals surface area contributed by atoms with Crippen LogP contribution in [0.15, 0.2) is 30.3 Å². The number of anilines is 1. The zero-order valence-corrected chi connectivity index (χ0v) is 12.7. The van der Waals surface area contributed by atoms with Crippen molar-refractivity contribution in [2.45, 2.75) is 0 Å². The van der Waals surface area contributed by atoms with Crippen LogP contribution in [-0.4, -0.2) is 19.1 Å². The van der Waals surface area contributed by atoms with Gasteiger partial charge < -0.3 is 15.8 Å². The molecular weight excluding hydrogens is 319 g/mol. The number of ether oxygens (including phenoxy) is 1. The number of halogens is 2. The molecule has 2 rings (SSSR count). The summed E-state index contributed by atoms with van der Waals surface area (Å²) in [6.45, 7) is 0.697. The van der Waals surface area contributed by atoms with Gasteiger partial charge in [0.25, 0.3) is 5.91 Å². The van der Waals surface area contributed by atoms with Crippen molar-refractivity contribution in [1.29, 1.82) is 0 Å². The molecular formula is C13H12Cl2N2O2S. The lowest BCUT2D eigenvalue weighted by Crippen LogP contribution is -2.27. The number of thiophene rings is 1. The number of hydrogen-bond acceptors (Lipinski definition) is 4. The standard InChI is InChI=1S/C13H12Cl2N2O2S/c14-11-7-10(12(15)20-11)13(18)17-4-5-19-9-3-1-2-8(16)6-9/h1-3,6-7H,4-5,16H2,(H,17,18). The van der Waals surface area contributed by atoms with Gasteiger partial charge in [-0.05, 0) is 18.2 Å². The van der Waals surface area contributed by atoms with E-state index in [1.54, 1.807) is 30.3 Å². The molecule has 0 aliphatic rings. The van der Waals surface area contributed by atoms with Gasteiger partial charge in [0.15, 0.2) is 0 Å². The number of hydrogen-bond donors (Lipinski definition) is 2. The third-order valence-corrected chi connectivity index (χ3v) is 3.90. The molecule has 0 saturated carbocycles. The molecule has 7 heteroatoms. The van der Waals surface area contributed by atoms with Crippen molar-refractivity contribution in [3.63, 3.8) is 0 Å². The zero-order chi connectivity index (χ0) is 14.5. The van der Waals surface area contributed by atoms with E-state index in [-0.39, 0.29) is 5.91 Å². The molecule has 0 bridgehead atoms. The summed E-state index contributed by atoms with van der Waals surface area (Å²) in [5.74, 6) is 0.394. The smallest absolute Gasteiger partial charge is 0.253 e. The Bertz CT molecular complexity index is 616. The van der Waals surface area contributed by atoms with Crippen LogP contribution in [0, 0.1) is 0 Å². The number of nitrogen functional groups attached to an aromatic ring is 1. The van der Waals surface area contributed by atoms with Crippen molar-refractivity contribution < 1.29 is 9.53 Å². The molecule has 0 atom stereocenters. The van der Waals surface area contributed by atoms with Gasteiger partial charge in [0.2, 0.25) is 0 Å². The summed E-state index contributed by atoms with van der Waals surface area (Å²) in [6, 6.07) is 8.64. The van der Waals surface area contributed by atoms with E-state index in [1.807, 2.05) is 0 Å². The summed E-state index contributed by atoms with van der Waals surface area (Å²) >= 11 is 12.8. The fraction of sp³-hybridized carbons (Fsp3) is 0.154. The second-order valence-electron chi connectivity index (χ2n) is 3.91.